The quantitative estimate of drug-likeness (QED) is 0.928. The second-order valence-corrected chi connectivity index (χ2v) is 5.76. The molecule has 7 heteroatoms. The first-order valence-corrected chi connectivity index (χ1v) is 7.72. The number of benzene rings is 1. The number of hydrogen-bond acceptors (Lipinski definition) is 4. The SMILES string of the molecule is O=C(c1ccoc1)N1CCN(CC(O)c2c(F)cccc2F)CC1. The molecule has 1 atom stereocenters. The molecule has 5 nitrogen and oxygen atoms in total. The van der Waals surface area contributed by atoms with Crippen LogP contribution in [0.3, 0.4) is 0 Å². The highest BCUT2D eigenvalue weighted by Gasteiger charge is 2.26. The van der Waals surface area contributed by atoms with Crippen LogP contribution in [0.2, 0.25) is 0 Å². The highest BCUT2D eigenvalue weighted by atomic mass is 19.1. The Balaban J connectivity index is 1.56. The molecule has 2 aromatic rings. The maximum absolute atomic E-state index is 13.7. The molecule has 1 aromatic carbocycles. The van der Waals surface area contributed by atoms with Crippen molar-refractivity contribution in [3.05, 3.63) is 59.6 Å². The van der Waals surface area contributed by atoms with Crippen molar-refractivity contribution >= 4 is 5.91 Å². The first kappa shape index (κ1) is 16.6. The van der Waals surface area contributed by atoms with Crippen LogP contribution < -0.4 is 0 Å². The number of piperazine rings is 1. The monoisotopic (exact) mass is 336 g/mol. The highest BCUT2D eigenvalue weighted by Crippen LogP contribution is 2.22. The van der Waals surface area contributed by atoms with Gasteiger partial charge in [-0.3, -0.25) is 9.69 Å². The summed E-state index contributed by atoms with van der Waals surface area (Å²) in [6.07, 6.45) is 1.60. The fourth-order valence-electron chi connectivity index (χ4n) is 2.87. The number of β-amino-alcohol motifs (C(OH)–C–C–N with tert-alkyl or cyclic N) is 1. The van der Waals surface area contributed by atoms with Gasteiger partial charge in [-0.2, -0.15) is 0 Å². The van der Waals surface area contributed by atoms with Gasteiger partial charge in [0.05, 0.1) is 23.5 Å². The third-order valence-corrected chi connectivity index (χ3v) is 4.19. The summed E-state index contributed by atoms with van der Waals surface area (Å²) in [6, 6.07) is 5.13. The van der Waals surface area contributed by atoms with Crippen molar-refractivity contribution in [3.8, 4) is 0 Å². The van der Waals surface area contributed by atoms with Crippen molar-refractivity contribution in [1.82, 2.24) is 9.80 Å². The first-order chi connectivity index (χ1) is 11.6. The molecule has 24 heavy (non-hydrogen) atoms. The number of amides is 1. The van der Waals surface area contributed by atoms with Crippen LogP contribution >= 0.6 is 0 Å². The van der Waals surface area contributed by atoms with Crippen LogP contribution in [0.1, 0.15) is 22.0 Å². The Morgan fingerprint density at radius 1 is 1.17 bits per heavy atom. The van der Waals surface area contributed by atoms with Gasteiger partial charge in [0.15, 0.2) is 0 Å². The molecule has 1 aromatic heterocycles. The molecule has 3 rings (SSSR count). The van der Waals surface area contributed by atoms with Crippen molar-refractivity contribution in [2.45, 2.75) is 6.10 Å². The summed E-state index contributed by atoms with van der Waals surface area (Å²) in [5.74, 6) is -1.61. The highest BCUT2D eigenvalue weighted by molar-refractivity contribution is 5.93. The lowest BCUT2D eigenvalue weighted by Gasteiger charge is -2.35. The van der Waals surface area contributed by atoms with E-state index in [-0.39, 0.29) is 18.0 Å². The maximum Gasteiger partial charge on any atom is 0.257 e. The molecule has 1 aliphatic rings. The molecule has 1 aliphatic heterocycles. The number of aliphatic hydroxyl groups is 1. The summed E-state index contributed by atoms with van der Waals surface area (Å²) in [7, 11) is 0. The van der Waals surface area contributed by atoms with Crippen molar-refractivity contribution in [3.63, 3.8) is 0 Å². The Morgan fingerprint density at radius 3 is 2.42 bits per heavy atom. The van der Waals surface area contributed by atoms with Gasteiger partial charge in [0.2, 0.25) is 0 Å². The molecular weight excluding hydrogens is 318 g/mol. The molecule has 1 fully saturated rings. The van der Waals surface area contributed by atoms with Crippen LogP contribution in [0.5, 0.6) is 0 Å². The zero-order valence-electron chi connectivity index (χ0n) is 13.0. The first-order valence-electron chi connectivity index (χ1n) is 7.72. The third-order valence-electron chi connectivity index (χ3n) is 4.19. The maximum atomic E-state index is 13.7. The van der Waals surface area contributed by atoms with Crippen LogP contribution in [0.4, 0.5) is 8.78 Å². The Labute approximate surface area is 138 Å². The second-order valence-electron chi connectivity index (χ2n) is 5.76. The fourth-order valence-corrected chi connectivity index (χ4v) is 2.87. The van der Waals surface area contributed by atoms with Crippen LogP contribution in [-0.4, -0.2) is 53.5 Å². The minimum Gasteiger partial charge on any atom is -0.472 e. The minimum atomic E-state index is -1.25. The molecule has 0 spiro atoms. The molecule has 128 valence electrons. The summed E-state index contributed by atoms with van der Waals surface area (Å²) in [5.41, 5.74) is 0.186. The summed E-state index contributed by atoms with van der Waals surface area (Å²) < 4.78 is 32.3. The van der Waals surface area contributed by atoms with E-state index in [0.717, 1.165) is 12.1 Å². The Hall–Kier alpha value is -2.25. The number of furan rings is 1. The van der Waals surface area contributed by atoms with Gasteiger partial charge in [0.25, 0.3) is 5.91 Å². The predicted octanol–water partition coefficient (Wildman–Crippen LogP) is 2.05. The number of halogens is 2. The lowest BCUT2D eigenvalue weighted by atomic mass is 10.1. The molecule has 0 radical (unpaired) electrons. The zero-order chi connectivity index (χ0) is 17.1. The topological polar surface area (TPSA) is 56.9 Å². The molecule has 0 aliphatic carbocycles. The second kappa shape index (κ2) is 7.11. The number of carbonyl (C=O) groups is 1. The standard InChI is InChI=1S/C17H18F2N2O3/c18-13-2-1-3-14(19)16(13)15(22)10-20-5-7-21(8-6-20)17(23)12-4-9-24-11-12/h1-4,9,11,15,22H,5-8,10H2. The van der Waals surface area contributed by atoms with Crippen LogP contribution in [-0.2, 0) is 0 Å². The van der Waals surface area contributed by atoms with Gasteiger partial charge in [-0.05, 0) is 18.2 Å². The van der Waals surface area contributed by atoms with E-state index in [4.69, 9.17) is 4.42 Å². The largest absolute Gasteiger partial charge is 0.472 e. The average Bonchev–Trinajstić information content (AvgIpc) is 3.09. The van der Waals surface area contributed by atoms with Crippen molar-refractivity contribution < 1.29 is 23.1 Å². The normalized spacial score (nSPS) is 17.0. The van der Waals surface area contributed by atoms with Gasteiger partial charge in [-0.25, -0.2) is 8.78 Å². The Kier molecular flexibility index (Phi) is 4.92. The van der Waals surface area contributed by atoms with E-state index < -0.39 is 17.7 Å². The molecule has 1 N–H and O–H groups in total. The number of hydrogen-bond donors (Lipinski definition) is 1. The molecule has 1 saturated heterocycles. The molecule has 2 heterocycles. The summed E-state index contributed by atoms with van der Waals surface area (Å²) in [5, 5.41) is 10.1. The van der Waals surface area contributed by atoms with E-state index in [9.17, 15) is 18.7 Å². The van der Waals surface area contributed by atoms with Gasteiger partial charge in [0.1, 0.15) is 17.9 Å². The van der Waals surface area contributed by atoms with Gasteiger partial charge in [0, 0.05) is 32.7 Å². The lowest BCUT2D eigenvalue weighted by Crippen LogP contribution is -2.49. The summed E-state index contributed by atoms with van der Waals surface area (Å²) in [6.45, 7) is 2.13. The van der Waals surface area contributed by atoms with E-state index in [1.165, 1.54) is 18.6 Å². The van der Waals surface area contributed by atoms with Crippen molar-refractivity contribution in [2.75, 3.05) is 32.7 Å². The predicted molar refractivity (Wildman–Crippen MR) is 82.4 cm³/mol. The summed E-state index contributed by atoms with van der Waals surface area (Å²) >= 11 is 0. The molecule has 1 amide bonds. The average molecular weight is 336 g/mol. The van der Waals surface area contributed by atoms with E-state index in [0.29, 0.717) is 31.7 Å². The van der Waals surface area contributed by atoms with Gasteiger partial charge in [-0.15, -0.1) is 0 Å². The van der Waals surface area contributed by atoms with Gasteiger partial charge in [-0.1, -0.05) is 6.07 Å². The number of aliphatic hydroxyl groups excluding tert-OH is 1. The van der Waals surface area contributed by atoms with E-state index in [2.05, 4.69) is 0 Å². The smallest absolute Gasteiger partial charge is 0.257 e. The summed E-state index contributed by atoms with van der Waals surface area (Å²) in [4.78, 5) is 15.8. The van der Waals surface area contributed by atoms with Crippen molar-refractivity contribution in [2.24, 2.45) is 0 Å². The van der Waals surface area contributed by atoms with Crippen LogP contribution in [0, 0.1) is 11.6 Å². The number of rotatable bonds is 4. The number of nitrogens with zero attached hydrogens (tertiary/aromatic N) is 2. The lowest BCUT2D eigenvalue weighted by molar-refractivity contribution is 0.0516. The Bertz CT molecular complexity index is 678. The van der Waals surface area contributed by atoms with Crippen LogP contribution in [0.25, 0.3) is 0 Å². The number of carbonyl (C=O) groups excluding carboxylic acids is 1. The molecule has 0 saturated carbocycles. The minimum absolute atomic E-state index is 0.107. The third kappa shape index (κ3) is 3.47. The molecule has 0 bridgehead atoms. The zero-order valence-corrected chi connectivity index (χ0v) is 13.0. The van der Waals surface area contributed by atoms with Gasteiger partial charge < -0.3 is 14.4 Å². The Morgan fingerprint density at radius 2 is 1.83 bits per heavy atom. The van der Waals surface area contributed by atoms with E-state index in [1.807, 2.05) is 4.90 Å². The molecule has 1 unspecified atom stereocenters. The van der Waals surface area contributed by atoms with Gasteiger partial charge >= 0.3 is 0 Å². The van der Waals surface area contributed by atoms with E-state index in [1.54, 1.807) is 11.0 Å². The molecular formula is C17H18F2N2O3. The van der Waals surface area contributed by atoms with Crippen molar-refractivity contribution in [1.29, 1.82) is 0 Å². The van der Waals surface area contributed by atoms with Crippen LogP contribution in [0.15, 0.2) is 41.2 Å². The fraction of sp³-hybridized carbons (Fsp3) is 0.353. The van der Waals surface area contributed by atoms with E-state index >= 15 is 0 Å².